The molecule has 0 saturated carbocycles. The second-order valence-corrected chi connectivity index (χ2v) is 6.45. The third-order valence-corrected chi connectivity index (χ3v) is 3.76. The lowest BCUT2D eigenvalue weighted by molar-refractivity contribution is -0.123. The molecule has 0 saturated heterocycles. The summed E-state index contributed by atoms with van der Waals surface area (Å²) in [6.45, 7) is 5.80. The summed E-state index contributed by atoms with van der Waals surface area (Å²) in [4.78, 5) is 20.6. The molecule has 1 aliphatic heterocycles. The van der Waals surface area contributed by atoms with Gasteiger partial charge in [-0.1, -0.05) is 62.9 Å². The predicted molar refractivity (Wildman–Crippen MR) is 82.0 cm³/mol. The highest BCUT2D eigenvalue weighted by Gasteiger charge is 2.22. The van der Waals surface area contributed by atoms with Crippen LogP contribution < -0.4 is 0 Å². The van der Waals surface area contributed by atoms with Crippen molar-refractivity contribution in [1.82, 2.24) is 0 Å². The fraction of sp³-hybridized carbons (Fsp3) is 0.400. The molecule has 0 spiro atoms. The molecule has 19 heavy (non-hydrogen) atoms. The monoisotopic (exact) mass is 274 g/mol. The van der Waals surface area contributed by atoms with E-state index >= 15 is 0 Å². The fourth-order valence-corrected chi connectivity index (χ4v) is 2.57. The quantitative estimate of drug-likeness (QED) is 0.846. The van der Waals surface area contributed by atoms with Crippen molar-refractivity contribution in [3.05, 3.63) is 35.9 Å². The zero-order valence-electron chi connectivity index (χ0n) is 11.5. The van der Waals surface area contributed by atoms with Gasteiger partial charge in [0.2, 0.25) is 0 Å². The largest absolute Gasteiger partial charge is 0.298 e. The third-order valence-electron chi connectivity index (χ3n) is 2.89. The van der Waals surface area contributed by atoms with Crippen LogP contribution in [0.5, 0.6) is 0 Å². The van der Waals surface area contributed by atoms with Gasteiger partial charge in [0.05, 0.1) is 5.75 Å². The molecule has 2 rings (SSSR count). The summed E-state index contributed by atoms with van der Waals surface area (Å²) in [6, 6.07) is 10.0. The van der Waals surface area contributed by atoms with E-state index in [1.165, 1.54) is 11.8 Å². The van der Waals surface area contributed by atoms with E-state index in [9.17, 15) is 4.79 Å². The third kappa shape index (κ3) is 3.77. The SMILES string of the molecule is CC(C)(C)C(=O)CSC1=N[C@@H](c2ccccc2)C=N1. The number of rotatable bonds is 3. The van der Waals surface area contributed by atoms with E-state index in [0.29, 0.717) is 10.9 Å². The van der Waals surface area contributed by atoms with Gasteiger partial charge in [-0.2, -0.15) is 0 Å². The Balaban J connectivity index is 1.94. The summed E-state index contributed by atoms with van der Waals surface area (Å²) < 4.78 is 0. The van der Waals surface area contributed by atoms with Crippen LogP contribution in [0.2, 0.25) is 0 Å². The summed E-state index contributed by atoms with van der Waals surface area (Å²) >= 11 is 1.42. The van der Waals surface area contributed by atoms with Gasteiger partial charge in [-0.3, -0.25) is 4.79 Å². The van der Waals surface area contributed by atoms with Gasteiger partial charge >= 0.3 is 0 Å². The van der Waals surface area contributed by atoms with Crippen LogP contribution in [0.1, 0.15) is 32.4 Å². The number of Topliss-reactive ketones (excluding diaryl/α,β-unsaturated/α-hetero) is 1. The molecule has 0 unspecified atom stereocenters. The molecule has 0 bridgehead atoms. The summed E-state index contributed by atoms with van der Waals surface area (Å²) in [5.41, 5.74) is 0.832. The van der Waals surface area contributed by atoms with Crippen LogP contribution in [0.4, 0.5) is 0 Å². The van der Waals surface area contributed by atoms with E-state index in [2.05, 4.69) is 9.98 Å². The van der Waals surface area contributed by atoms with Crippen molar-refractivity contribution in [3.8, 4) is 0 Å². The zero-order chi connectivity index (χ0) is 13.9. The molecule has 1 aromatic carbocycles. The number of nitrogens with zero attached hydrogens (tertiary/aromatic N) is 2. The Morgan fingerprint density at radius 3 is 2.58 bits per heavy atom. The Hall–Kier alpha value is -1.42. The number of hydrogen-bond acceptors (Lipinski definition) is 4. The zero-order valence-corrected chi connectivity index (χ0v) is 12.3. The smallest absolute Gasteiger partial charge is 0.184 e. The first-order valence-electron chi connectivity index (χ1n) is 6.30. The Morgan fingerprint density at radius 2 is 1.95 bits per heavy atom. The molecule has 0 radical (unpaired) electrons. The molecular formula is C15H18N2OS. The minimum Gasteiger partial charge on any atom is -0.298 e. The molecule has 0 N–H and O–H groups in total. The number of aliphatic imine (C=N–C) groups is 2. The van der Waals surface area contributed by atoms with E-state index in [4.69, 9.17) is 0 Å². The van der Waals surface area contributed by atoms with E-state index in [0.717, 1.165) is 5.56 Å². The maximum absolute atomic E-state index is 11.8. The van der Waals surface area contributed by atoms with Crippen LogP contribution >= 0.6 is 11.8 Å². The molecule has 0 aromatic heterocycles. The van der Waals surface area contributed by atoms with Crippen LogP contribution in [0, 0.1) is 5.41 Å². The van der Waals surface area contributed by atoms with E-state index in [1.54, 1.807) is 0 Å². The van der Waals surface area contributed by atoms with Gasteiger partial charge in [0.15, 0.2) is 5.17 Å². The molecule has 1 atom stereocenters. The van der Waals surface area contributed by atoms with Gasteiger partial charge in [-0.05, 0) is 5.56 Å². The lowest BCUT2D eigenvalue weighted by atomic mass is 9.92. The Kier molecular flexibility index (Phi) is 4.20. The van der Waals surface area contributed by atoms with Gasteiger partial charge in [0.25, 0.3) is 0 Å². The summed E-state index contributed by atoms with van der Waals surface area (Å²) in [7, 11) is 0. The molecular weight excluding hydrogens is 256 g/mol. The van der Waals surface area contributed by atoms with Crippen LogP contribution in [-0.2, 0) is 4.79 Å². The van der Waals surface area contributed by atoms with E-state index < -0.39 is 0 Å². The fourth-order valence-electron chi connectivity index (χ4n) is 1.55. The standard InChI is InChI=1S/C15H18N2OS/c1-15(2,3)13(18)10-19-14-16-9-12(17-14)11-7-5-4-6-8-11/h4-9,12H,10H2,1-3H3/t12-/m1/s1. The Labute approximate surface area is 118 Å². The van der Waals surface area contributed by atoms with Crippen molar-refractivity contribution in [2.75, 3.05) is 5.75 Å². The molecule has 1 aromatic rings. The van der Waals surface area contributed by atoms with Crippen LogP contribution in [0.25, 0.3) is 0 Å². The molecule has 1 heterocycles. The predicted octanol–water partition coefficient (Wildman–Crippen LogP) is 3.52. The molecule has 1 aliphatic rings. The second kappa shape index (κ2) is 5.70. The highest BCUT2D eigenvalue weighted by Crippen LogP contribution is 2.24. The number of ketones is 1. The minimum absolute atomic E-state index is 0.00608. The van der Waals surface area contributed by atoms with Gasteiger partial charge < -0.3 is 0 Å². The van der Waals surface area contributed by atoms with Crippen molar-refractivity contribution in [3.63, 3.8) is 0 Å². The number of hydrogen-bond donors (Lipinski definition) is 0. The maximum Gasteiger partial charge on any atom is 0.184 e. The summed E-state index contributed by atoms with van der Waals surface area (Å²) in [6.07, 6.45) is 1.83. The van der Waals surface area contributed by atoms with Crippen LogP contribution in [-0.4, -0.2) is 22.9 Å². The van der Waals surface area contributed by atoms with Gasteiger partial charge in [-0.25, -0.2) is 9.98 Å². The van der Waals surface area contributed by atoms with Gasteiger partial charge in [-0.15, -0.1) is 0 Å². The number of carbonyl (C=O) groups is 1. The average molecular weight is 274 g/mol. The van der Waals surface area contributed by atoms with Crippen LogP contribution in [0.15, 0.2) is 40.3 Å². The number of amidine groups is 1. The van der Waals surface area contributed by atoms with Crippen molar-refractivity contribution in [2.24, 2.45) is 15.4 Å². The minimum atomic E-state index is -0.297. The topological polar surface area (TPSA) is 41.8 Å². The van der Waals surface area contributed by atoms with Crippen LogP contribution in [0.3, 0.4) is 0 Å². The molecule has 100 valence electrons. The average Bonchev–Trinajstić information content (AvgIpc) is 2.84. The second-order valence-electron chi connectivity index (χ2n) is 5.51. The molecule has 4 heteroatoms. The normalized spacial score (nSPS) is 18.5. The van der Waals surface area contributed by atoms with E-state index in [1.807, 2.05) is 57.3 Å². The lowest BCUT2D eigenvalue weighted by Gasteiger charge is -2.15. The first-order valence-corrected chi connectivity index (χ1v) is 7.28. The molecule has 0 aliphatic carbocycles. The number of thioether (sulfide) groups is 1. The molecule has 0 fully saturated rings. The lowest BCUT2D eigenvalue weighted by Crippen LogP contribution is -2.22. The van der Waals surface area contributed by atoms with Crippen molar-refractivity contribution >= 4 is 28.9 Å². The number of carbonyl (C=O) groups excluding carboxylic acids is 1. The van der Waals surface area contributed by atoms with Crippen molar-refractivity contribution in [2.45, 2.75) is 26.8 Å². The van der Waals surface area contributed by atoms with E-state index in [-0.39, 0.29) is 17.2 Å². The van der Waals surface area contributed by atoms with Gasteiger partial charge in [0.1, 0.15) is 11.8 Å². The Bertz CT molecular complexity index is 515. The van der Waals surface area contributed by atoms with Crippen molar-refractivity contribution in [1.29, 1.82) is 0 Å². The molecule has 3 nitrogen and oxygen atoms in total. The highest BCUT2D eigenvalue weighted by atomic mass is 32.2. The Morgan fingerprint density at radius 1 is 1.26 bits per heavy atom. The molecule has 0 amide bonds. The highest BCUT2D eigenvalue weighted by molar-refractivity contribution is 8.14. The summed E-state index contributed by atoms with van der Waals surface area (Å²) in [5, 5.41) is 0.700. The first-order chi connectivity index (χ1) is 8.97. The number of benzene rings is 1. The van der Waals surface area contributed by atoms with Crippen molar-refractivity contribution < 1.29 is 4.79 Å². The summed E-state index contributed by atoms with van der Waals surface area (Å²) in [5.74, 6) is 0.653. The van der Waals surface area contributed by atoms with Gasteiger partial charge in [0, 0.05) is 11.6 Å². The first kappa shape index (κ1) is 14.0. The maximum atomic E-state index is 11.8.